The molecule has 1 aromatic carbocycles. The molecule has 5 nitrogen and oxygen atoms in total. The number of carbonyl (C=O) groups excluding carboxylic acids is 1. The third-order valence-electron chi connectivity index (χ3n) is 4.57. The molecule has 0 bridgehead atoms. The molecular formula is C19H20N2O3S. The predicted molar refractivity (Wildman–Crippen MR) is 98.6 cm³/mol. The number of nitrogens with one attached hydrogen (secondary N) is 1. The number of aromatic nitrogens is 1. The van der Waals surface area contributed by atoms with Crippen LogP contribution >= 0.6 is 11.3 Å². The molecule has 1 aliphatic rings. The van der Waals surface area contributed by atoms with E-state index in [4.69, 9.17) is 9.15 Å². The summed E-state index contributed by atoms with van der Waals surface area (Å²) in [7, 11) is 0. The van der Waals surface area contributed by atoms with Gasteiger partial charge < -0.3 is 9.15 Å². The van der Waals surface area contributed by atoms with Crippen LogP contribution < -0.4 is 10.1 Å². The topological polar surface area (TPSA) is 64.4 Å². The minimum atomic E-state index is -0.205. The highest BCUT2D eigenvalue weighted by molar-refractivity contribution is 7.15. The molecule has 130 valence electrons. The number of aryl methyl sites for hydroxylation is 4. The number of anilines is 1. The maximum atomic E-state index is 12.1. The number of rotatable bonds is 4. The maximum Gasteiger partial charge on any atom is 0.264 e. The monoisotopic (exact) mass is 356 g/mol. The standard InChI is InChI=1S/C19H20N2O3S/c1-11-12(2)25-19(20-11)21-18(22)10-23-13-7-8-17-15(9-13)14-5-3-4-6-16(14)24-17/h7-9H,3-6,10H2,1-2H3,(H,20,21,22). The molecule has 0 saturated heterocycles. The largest absolute Gasteiger partial charge is 0.484 e. The Morgan fingerprint density at radius 1 is 1.32 bits per heavy atom. The lowest BCUT2D eigenvalue weighted by Gasteiger charge is -2.09. The fourth-order valence-corrected chi connectivity index (χ4v) is 3.99. The summed E-state index contributed by atoms with van der Waals surface area (Å²) in [4.78, 5) is 17.5. The molecular weight excluding hydrogens is 336 g/mol. The highest BCUT2D eigenvalue weighted by Gasteiger charge is 2.18. The number of nitrogens with zero attached hydrogens (tertiary/aromatic N) is 1. The summed E-state index contributed by atoms with van der Waals surface area (Å²) < 4.78 is 11.6. The van der Waals surface area contributed by atoms with Crippen LogP contribution in [0.25, 0.3) is 11.0 Å². The van der Waals surface area contributed by atoms with Crippen LogP contribution in [0.5, 0.6) is 5.75 Å². The van der Waals surface area contributed by atoms with Crippen molar-refractivity contribution >= 4 is 33.3 Å². The molecule has 0 unspecified atom stereocenters. The first-order valence-corrected chi connectivity index (χ1v) is 9.33. The molecule has 25 heavy (non-hydrogen) atoms. The number of furan rings is 1. The first-order chi connectivity index (χ1) is 12.1. The fraction of sp³-hybridized carbons (Fsp3) is 0.368. The molecule has 1 aliphatic carbocycles. The third kappa shape index (κ3) is 3.26. The van der Waals surface area contributed by atoms with Gasteiger partial charge in [0, 0.05) is 22.2 Å². The normalized spacial score (nSPS) is 13.7. The van der Waals surface area contributed by atoms with E-state index in [0.29, 0.717) is 10.9 Å². The Morgan fingerprint density at radius 2 is 2.16 bits per heavy atom. The summed E-state index contributed by atoms with van der Waals surface area (Å²) in [6.07, 6.45) is 4.44. The Bertz CT molecular complexity index is 922. The van der Waals surface area contributed by atoms with Gasteiger partial charge in [-0.05, 0) is 51.3 Å². The first kappa shape index (κ1) is 16.1. The second kappa shape index (κ2) is 6.52. The highest BCUT2D eigenvalue weighted by atomic mass is 32.1. The van der Waals surface area contributed by atoms with E-state index in [1.165, 1.54) is 29.7 Å². The van der Waals surface area contributed by atoms with Crippen molar-refractivity contribution in [1.82, 2.24) is 4.98 Å². The zero-order valence-electron chi connectivity index (χ0n) is 14.3. The van der Waals surface area contributed by atoms with Gasteiger partial charge in [0.1, 0.15) is 17.1 Å². The van der Waals surface area contributed by atoms with Crippen molar-refractivity contribution in [3.63, 3.8) is 0 Å². The molecule has 0 saturated carbocycles. The predicted octanol–water partition coefficient (Wildman–Crippen LogP) is 4.40. The van der Waals surface area contributed by atoms with Crippen molar-refractivity contribution in [2.45, 2.75) is 39.5 Å². The smallest absolute Gasteiger partial charge is 0.264 e. The van der Waals surface area contributed by atoms with Crippen LogP contribution in [0.4, 0.5) is 5.13 Å². The van der Waals surface area contributed by atoms with E-state index in [1.807, 2.05) is 32.0 Å². The second-order valence-corrected chi connectivity index (χ2v) is 7.57. The Hall–Kier alpha value is -2.34. The van der Waals surface area contributed by atoms with Crippen LogP contribution in [0.3, 0.4) is 0 Å². The van der Waals surface area contributed by atoms with E-state index in [0.717, 1.165) is 40.1 Å². The maximum absolute atomic E-state index is 12.1. The lowest BCUT2D eigenvalue weighted by atomic mass is 9.96. The average molecular weight is 356 g/mol. The van der Waals surface area contributed by atoms with Gasteiger partial charge in [-0.3, -0.25) is 10.1 Å². The number of hydrogen-bond acceptors (Lipinski definition) is 5. The molecule has 1 N–H and O–H groups in total. The number of amides is 1. The number of ether oxygens (including phenoxy) is 1. The minimum Gasteiger partial charge on any atom is -0.484 e. The van der Waals surface area contributed by atoms with Gasteiger partial charge in [0.05, 0.1) is 5.69 Å². The fourth-order valence-electron chi connectivity index (χ4n) is 3.16. The van der Waals surface area contributed by atoms with Crippen molar-refractivity contribution in [2.24, 2.45) is 0 Å². The lowest BCUT2D eigenvalue weighted by Crippen LogP contribution is -2.20. The van der Waals surface area contributed by atoms with Gasteiger partial charge in [-0.2, -0.15) is 0 Å². The molecule has 4 rings (SSSR count). The molecule has 6 heteroatoms. The number of thiazole rings is 1. The molecule has 0 spiro atoms. The van der Waals surface area contributed by atoms with E-state index in [2.05, 4.69) is 10.3 Å². The van der Waals surface area contributed by atoms with Gasteiger partial charge in [-0.1, -0.05) is 0 Å². The van der Waals surface area contributed by atoms with Gasteiger partial charge in [0.2, 0.25) is 0 Å². The quantitative estimate of drug-likeness (QED) is 0.752. The highest BCUT2D eigenvalue weighted by Crippen LogP contribution is 2.34. The van der Waals surface area contributed by atoms with Gasteiger partial charge in [0.25, 0.3) is 5.91 Å². The van der Waals surface area contributed by atoms with Gasteiger partial charge >= 0.3 is 0 Å². The SMILES string of the molecule is Cc1nc(NC(=O)COc2ccc3oc4c(c3c2)CCCC4)sc1C. The minimum absolute atomic E-state index is 0.0385. The van der Waals surface area contributed by atoms with Crippen LogP contribution in [0, 0.1) is 13.8 Å². The number of fused-ring (bicyclic) bond motifs is 3. The molecule has 0 fully saturated rings. The molecule has 0 radical (unpaired) electrons. The van der Waals surface area contributed by atoms with Crippen molar-refractivity contribution in [2.75, 3.05) is 11.9 Å². The summed E-state index contributed by atoms with van der Waals surface area (Å²) in [5, 5.41) is 4.50. The Balaban J connectivity index is 1.44. The number of hydrogen-bond donors (Lipinski definition) is 1. The van der Waals surface area contributed by atoms with E-state index < -0.39 is 0 Å². The van der Waals surface area contributed by atoms with E-state index in [-0.39, 0.29) is 12.5 Å². The van der Waals surface area contributed by atoms with E-state index in [1.54, 1.807) is 0 Å². The van der Waals surface area contributed by atoms with Crippen molar-refractivity contribution in [3.8, 4) is 5.75 Å². The number of carbonyl (C=O) groups is 1. The van der Waals surface area contributed by atoms with Gasteiger partial charge in [-0.15, -0.1) is 11.3 Å². The van der Waals surface area contributed by atoms with Crippen LogP contribution in [-0.4, -0.2) is 17.5 Å². The summed E-state index contributed by atoms with van der Waals surface area (Å²) in [6, 6.07) is 5.75. The molecule has 0 atom stereocenters. The van der Waals surface area contributed by atoms with Gasteiger partial charge in [-0.25, -0.2) is 4.98 Å². The molecule has 0 aliphatic heterocycles. The molecule has 2 heterocycles. The summed E-state index contributed by atoms with van der Waals surface area (Å²) in [5.41, 5.74) is 3.14. The van der Waals surface area contributed by atoms with Gasteiger partial charge in [0.15, 0.2) is 11.7 Å². The van der Waals surface area contributed by atoms with Crippen molar-refractivity contribution in [1.29, 1.82) is 0 Å². The molecule has 2 aromatic heterocycles. The summed E-state index contributed by atoms with van der Waals surface area (Å²) in [6.45, 7) is 3.88. The van der Waals surface area contributed by atoms with Crippen molar-refractivity contribution < 1.29 is 13.9 Å². The zero-order chi connectivity index (χ0) is 17.4. The van der Waals surface area contributed by atoms with Crippen LogP contribution in [0.15, 0.2) is 22.6 Å². The average Bonchev–Trinajstić information content (AvgIpc) is 3.12. The Labute approximate surface area is 150 Å². The summed E-state index contributed by atoms with van der Waals surface area (Å²) >= 11 is 1.47. The van der Waals surface area contributed by atoms with Crippen LogP contribution in [-0.2, 0) is 17.6 Å². The Morgan fingerprint density at radius 3 is 2.96 bits per heavy atom. The van der Waals surface area contributed by atoms with Crippen LogP contribution in [0.2, 0.25) is 0 Å². The Kier molecular flexibility index (Phi) is 4.21. The second-order valence-electron chi connectivity index (χ2n) is 6.37. The molecule has 3 aromatic rings. The third-order valence-corrected chi connectivity index (χ3v) is 5.56. The molecule has 1 amide bonds. The van der Waals surface area contributed by atoms with E-state index in [9.17, 15) is 4.79 Å². The first-order valence-electron chi connectivity index (χ1n) is 8.51. The zero-order valence-corrected chi connectivity index (χ0v) is 15.2. The van der Waals surface area contributed by atoms with E-state index >= 15 is 0 Å². The summed E-state index contributed by atoms with van der Waals surface area (Å²) in [5.74, 6) is 1.58. The van der Waals surface area contributed by atoms with Crippen LogP contribution in [0.1, 0.15) is 34.7 Å². The number of benzene rings is 1. The lowest BCUT2D eigenvalue weighted by molar-refractivity contribution is -0.118. The van der Waals surface area contributed by atoms with Crippen molar-refractivity contribution in [3.05, 3.63) is 40.1 Å².